The molecule has 4 aromatic carbocycles. The number of allylic oxidation sites excluding steroid dienone is 4. The summed E-state index contributed by atoms with van der Waals surface area (Å²) >= 11 is 36.1. The Bertz CT molecular complexity index is 1940. The van der Waals surface area contributed by atoms with Crippen LogP contribution >= 0.6 is 69.6 Å². The van der Waals surface area contributed by atoms with Crippen molar-refractivity contribution in [3.05, 3.63) is 153 Å². The fourth-order valence-electron chi connectivity index (χ4n) is 7.87. The van der Waals surface area contributed by atoms with E-state index in [9.17, 15) is 0 Å². The topological polar surface area (TPSA) is 0 Å². The van der Waals surface area contributed by atoms with E-state index in [1.54, 1.807) is 0 Å². The molecule has 0 unspecified atom stereocenters. The maximum absolute atomic E-state index is 6.53. The molecule has 0 radical (unpaired) electrons. The fourth-order valence-corrected chi connectivity index (χ4v) is 17.8. The van der Waals surface area contributed by atoms with Crippen LogP contribution in [0.2, 0.25) is 3.63 Å². The van der Waals surface area contributed by atoms with Gasteiger partial charge in [-0.3, -0.25) is 0 Å². The number of halogens is 6. The van der Waals surface area contributed by atoms with Crippen LogP contribution in [0.5, 0.6) is 0 Å². The van der Waals surface area contributed by atoms with Crippen LogP contribution in [0.1, 0.15) is 101 Å². The van der Waals surface area contributed by atoms with Crippen molar-refractivity contribution in [1.29, 1.82) is 0 Å². The van der Waals surface area contributed by atoms with Gasteiger partial charge in [0.15, 0.2) is 0 Å². The number of benzene rings is 4. The minimum atomic E-state index is -3.09. The van der Waals surface area contributed by atoms with E-state index in [1.807, 2.05) is 36.4 Å². The van der Waals surface area contributed by atoms with Crippen molar-refractivity contribution >= 4 is 72.8 Å². The molecule has 2 aliphatic carbocycles. The molecule has 0 spiro atoms. The molecule has 6 rings (SSSR count). The van der Waals surface area contributed by atoms with Gasteiger partial charge >= 0.3 is 339 Å². The first-order chi connectivity index (χ1) is 23.2. The summed E-state index contributed by atoms with van der Waals surface area (Å²) in [6.45, 7) is 18.4. The second-order valence-electron chi connectivity index (χ2n) is 15.7. The summed E-state index contributed by atoms with van der Waals surface area (Å²) in [4.78, 5) is 0. The standard InChI is InChI=1S/C23H29.C15H8Cl6.C5H5.Zr/c1-14-9-16-11-17-10-15(2)21(23(6,7)8)13-19(17)18(16)12-20(14)22(3,4)5;16-14(17,18)12-5-1-3-10(8-12)7-11-4-2-6-13(9-11)15(19,20)21;1-2-4-5-3-1;/h9-13H,1-8H3;1-6,8-9H;1-5H;. The summed E-state index contributed by atoms with van der Waals surface area (Å²) in [7, 11) is 0. The van der Waals surface area contributed by atoms with Crippen LogP contribution < -0.4 is 0 Å². The van der Waals surface area contributed by atoms with Crippen molar-refractivity contribution in [2.45, 2.75) is 81.1 Å². The summed E-state index contributed by atoms with van der Waals surface area (Å²) in [5.41, 5.74) is 14.2. The van der Waals surface area contributed by atoms with Crippen LogP contribution in [0.3, 0.4) is 0 Å². The van der Waals surface area contributed by atoms with E-state index in [4.69, 9.17) is 69.6 Å². The Morgan fingerprint density at radius 2 is 0.960 bits per heavy atom. The zero-order chi connectivity index (χ0) is 36.6. The Kier molecular flexibility index (Phi) is 10.7. The number of rotatable bonds is 4. The zero-order valence-electron chi connectivity index (χ0n) is 29.7. The molecule has 0 heterocycles. The monoisotopic (exact) mass is 858 g/mol. The van der Waals surface area contributed by atoms with Gasteiger partial charge in [-0.05, 0) is 0 Å². The molecule has 0 aromatic heterocycles. The molecule has 50 heavy (non-hydrogen) atoms. The quantitative estimate of drug-likeness (QED) is 0.179. The SMILES string of the molecule is Cc1cc2c(cc1C(C)(C)C)-c1cc(C(C)(C)C)c(C)cc1[CH]2[Zr](=[C](c1cccc(C(Cl)(Cl)Cl)c1)c1cccc(C(Cl)(Cl)Cl)c1)[CH]1C=CC=C1. The van der Waals surface area contributed by atoms with Crippen LogP contribution in [0.4, 0.5) is 0 Å². The average molecular weight is 863 g/mol. The van der Waals surface area contributed by atoms with Gasteiger partial charge in [0.05, 0.1) is 0 Å². The molecule has 0 fully saturated rings. The summed E-state index contributed by atoms with van der Waals surface area (Å²) in [6, 6.07) is 26.1. The average Bonchev–Trinajstić information content (AvgIpc) is 3.63. The van der Waals surface area contributed by atoms with Gasteiger partial charge in [-0.1, -0.05) is 0 Å². The molecule has 0 atom stereocenters. The van der Waals surface area contributed by atoms with Gasteiger partial charge in [-0.15, -0.1) is 0 Å². The fraction of sp³-hybridized carbons (Fsp3) is 0.326. The second-order valence-corrected chi connectivity index (χ2v) is 26.8. The Balaban J connectivity index is 1.80. The summed E-state index contributed by atoms with van der Waals surface area (Å²) in [5, 5.41) is 0. The molecule has 260 valence electrons. The van der Waals surface area contributed by atoms with E-state index in [0.29, 0.717) is 11.1 Å². The van der Waals surface area contributed by atoms with Gasteiger partial charge in [0.25, 0.3) is 0 Å². The van der Waals surface area contributed by atoms with Crippen molar-refractivity contribution < 1.29 is 21.3 Å². The van der Waals surface area contributed by atoms with Crippen LogP contribution in [-0.2, 0) is 39.7 Å². The molecule has 2 aliphatic rings. The molecule has 0 bridgehead atoms. The molecule has 0 nitrogen and oxygen atoms in total. The van der Waals surface area contributed by atoms with E-state index < -0.39 is 28.9 Å². The normalized spacial score (nSPS) is 15.1. The summed E-state index contributed by atoms with van der Waals surface area (Å²) in [5.74, 6) is 0. The first-order valence-corrected chi connectivity index (χ1v) is 23.2. The van der Waals surface area contributed by atoms with Crippen LogP contribution in [0.25, 0.3) is 11.1 Å². The van der Waals surface area contributed by atoms with E-state index >= 15 is 0 Å². The summed E-state index contributed by atoms with van der Waals surface area (Å²) < 4.78 is -1.41. The third-order valence-electron chi connectivity index (χ3n) is 9.99. The molecule has 0 saturated carbocycles. The molecule has 0 amide bonds. The van der Waals surface area contributed by atoms with Crippen LogP contribution in [0, 0.1) is 13.8 Å². The first-order valence-electron chi connectivity index (χ1n) is 16.9. The third kappa shape index (κ3) is 7.60. The Labute approximate surface area is 335 Å². The molecule has 0 N–H and O–H groups in total. The van der Waals surface area contributed by atoms with Crippen LogP contribution in [-0.4, -0.2) is 3.21 Å². The molecule has 0 aliphatic heterocycles. The van der Waals surface area contributed by atoms with Crippen molar-refractivity contribution in [3.8, 4) is 11.1 Å². The van der Waals surface area contributed by atoms with Gasteiger partial charge in [0.1, 0.15) is 0 Å². The van der Waals surface area contributed by atoms with Crippen molar-refractivity contribution in [3.63, 3.8) is 0 Å². The Morgan fingerprint density at radius 1 is 0.560 bits per heavy atom. The minimum absolute atomic E-state index is 0.0000442. The second kappa shape index (κ2) is 13.9. The van der Waals surface area contributed by atoms with Crippen LogP contribution in [0.15, 0.2) is 97.1 Å². The van der Waals surface area contributed by atoms with E-state index in [2.05, 4.69) is 116 Å². The number of hydrogen-bond donors (Lipinski definition) is 0. The molecular formula is C43H42Cl6Zr. The van der Waals surface area contributed by atoms with Crippen molar-refractivity contribution in [1.82, 2.24) is 0 Å². The van der Waals surface area contributed by atoms with Gasteiger partial charge in [-0.25, -0.2) is 0 Å². The maximum atomic E-state index is 6.53. The summed E-state index contributed by atoms with van der Waals surface area (Å²) in [6.07, 6.45) is 9.15. The number of fused-ring (bicyclic) bond motifs is 3. The van der Waals surface area contributed by atoms with E-state index in [1.165, 1.54) is 47.7 Å². The van der Waals surface area contributed by atoms with Gasteiger partial charge in [0, 0.05) is 0 Å². The van der Waals surface area contributed by atoms with Gasteiger partial charge < -0.3 is 0 Å². The number of aryl methyl sites for hydroxylation is 2. The molecular weight excluding hydrogens is 820 g/mol. The molecule has 7 heteroatoms. The zero-order valence-corrected chi connectivity index (χ0v) is 36.7. The third-order valence-corrected chi connectivity index (χ3v) is 19.9. The Hall–Kier alpha value is -1.15. The molecule has 0 saturated heterocycles. The predicted molar refractivity (Wildman–Crippen MR) is 217 cm³/mol. The van der Waals surface area contributed by atoms with Gasteiger partial charge in [0.2, 0.25) is 0 Å². The van der Waals surface area contributed by atoms with Crippen molar-refractivity contribution in [2.24, 2.45) is 0 Å². The Morgan fingerprint density at radius 3 is 1.32 bits per heavy atom. The predicted octanol–water partition coefficient (Wildman–Crippen LogP) is 14.4. The molecule has 4 aromatic rings. The van der Waals surface area contributed by atoms with E-state index in [-0.39, 0.29) is 18.1 Å². The number of hydrogen-bond acceptors (Lipinski definition) is 0. The first kappa shape index (κ1) is 38.6. The van der Waals surface area contributed by atoms with Gasteiger partial charge in [-0.2, -0.15) is 0 Å². The van der Waals surface area contributed by atoms with E-state index in [0.717, 1.165) is 11.1 Å². The number of alkyl halides is 6. The van der Waals surface area contributed by atoms with Crippen molar-refractivity contribution in [2.75, 3.05) is 0 Å².